The smallest absolute Gasteiger partial charge is 0.0385 e. The minimum atomic E-state index is -0.877. The Balaban J connectivity index is 3.64. The predicted molar refractivity (Wildman–Crippen MR) is 78.7 cm³/mol. The summed E-state index contributed by atoms with van der Waals surface area (Å²) in [7, 11) is 0.325. The summed E-state index contributed by atoms with van der Waals surface area (Å²) in [4.78, 5) is 0. The molecule has 2 nitrogen and oxygen atoms in total. The first-order valence-electron chi connectivity index (χ1n) is 6.77. The minimum Gasteiger partial charge on any atom is -0.330 e. The Morgan fingerprint density at radius 1 is 0.812 bits per heavy atom. The summed E-state index contributed by atoms with van der Waals surface area (Å²) in [6.45, 7) is 6.74. The Morgan fingerprint density at radius 2 is 1.25 bits per heavy atom. The molecule has 0 atom stereocenters. The van der Waals surface area contributed by atoms with Gasteiger partial charge >= 0.3 is 0 Å². The van der Waals surface area contributed by atoms with E-state index in [-0.39, 0.29) is 0 Å². The molecule has 0 aliphatic carbocycles. The van der Waals surface area contributed by atoms with Gasteiger partial charge < -0.3 is 11.5 Å². The van der Waals surface area contributed by atoms with Gasteiger partial charge in [0.1, 0.15) is 0 Å². The number of hydrogen-bond donors (Lipinski definition) is 2. The average molecular weight is 259 g/mol. The lowest BCUT2D eigenvalue weighted by molar-refractivity contribution is 0.707. The number of hydrogen-bond acceptors (Lipinski definition) is 2. The monoisotopic (exact) mass is 258 g/mol. The lowest BCUT2D eigenvalue weighted by Crippen LogP contribution is -2.36. The molecular weight excluding hydrogens is 228 g/mol. The van der Waals surface area contributed by atoms with Crippen molar-refractivity contribution in [2.75, 3.05) is 13.1 Å². The quantitative estimate of drug-likeness (QED) is 0.442. The van der Waals surface area contributed by atoms with Crippen LogP contribution in [0, 0.1) is 0 Å². The Bertz CT molecular complexity index is 142. The molecule has 0 aliphatic rings. The van der Waals surface area contributed by atoms with Gasteiger partial charge in [-0.2, -0.15) is 0 Å². The van der Waals surface area contributed by atoms with E-state index in [1.807, 2.05) is 0 Å². The van der Waals surface area contributed by atoms with Gasteiger partial charge in [0.15, 0.2) is 0 Å². The zero-order valence-electron chi connectivity index (χ0n) is 11.2. The molecule has 0 unspecified atom stereocenters. The fraction of sp³-hybridized carbons (Fsp3) is 1.00. The first-order valence-corrected chi connectivity index (χ1v) is 12.2. The summed E-state index contributed by atoms with van der Waals surface area (Å²) in [5.41, 5.74) is 11.1. The van der Waals surface area contributed by atoms with Gasteiger partial charge in [-0.25, -0.2) is 0 Å². The fourth-order valence-electron chi connectivity index (χ4n) is 2.05. The SMILES string of the molecule is C[Si][Si](C)(CCCCCN)CCCCCN. The number of nitrogens with two attached hydrogens (primary N) is 2. The van der Waals surface area contributed by atoms with Crippen molar-refractivity contribution in [3.05, 3.63) is 0 Å². The topological polar surface area (TPSA) is 52.0 Å². The van der Waals surface area contributed by atoms with Crippen molar-refractivity contribution in [3.8, 4) is 0 Å². The summed E-state index contributed by atoms with van der Waals surface area (Å²) < 4.78 is 0. The standard InChI is InChI=1S/C12H30N2Si2/c1-15-16(2,11-7-3-5-9-13)12-8-4-6-10-14/h3-14H2,1-2H3. The van der Waals surface area contributed by atoms with Crippen molar-refractivity contribution in [3.63, 3.8) is 0 Å². The van der Waals surface area contributed by atoms with E-state index < -0.39 is 7.59 Å². The molecule has 16 heavy (non-hydrogen) atoms. The highest BCUT2D eigenvalue weighted by molar-refractivity contribution is 7.23. The van der Waals surface area contributed by atoms with Gasteiger partial charge in [-0.15, -0.1) is 0 Å². The van der Waals surface area contributed by atoms with E-state index >= 15 is 0 Å². The molecule has 0 aromatic carbocycles. The normalized spacial score (nSPS) is 12.0. The molecule has 0 heterocycles. The van der Waals surface area contributed by atoms with Crippen molar-refractivity contribution in [2.24, 2.45) is 11.5 Å². The summed E-state index contributed by atoms with van der Waals surface area (Å²) in [6.07, 6.45) is 7.93. The molecule has 0 amide bonds. The van der Waals surface area contributed by atoms with Crippen molar-refractivity contribution < 1.29 is 0 Å². The van der Waals surface area contributed by atoms with Crippen LogP contribution in [0.25, 0.3) is 0 Å². The fourth-order valence-corrected chi connectivity index (χ4v) is 7.42. The van der Waals surface area contributed by atoms with Crippen molar-refractivity contribution in [1.82, 2.24) is 0 Å². The van der Waals surface area contributed by atoms with E-state index in [0.29, 0.717) is 0 Å². The molecule has 4 N–H and O–H groups in total. The van der Waals surface area contributed by atoms with Crippen LogP contribution in [-0.4, -0.2) is 29.7 Å². The Labute approximate surface area is 105 Å². The molecule has 0 spiro atoms. The maximum atomic E-state index is 5.53. The van der Waals surface area contributed by atoms with Gasteiger partial charge in [0.05, 0.1) is 0 Å². The molecule has 0 rings (SSSR count). The maximum absolute atomic E-state index is 5.53. The van der Waals surface area contributed by atoms with E-state index in [9.17, 15) is 0 Å². The molecule has 0 saturated carbocycles. The lowest BCUT2D eigenvalue weighted by Gasteiger charge is -2.25. The van der Waals surface area contributed by atoms with E-state index in [1.165, 1.54) is 59.7 Å². The number of unbranched alkanes of at least 4 members (excludes halogenated alkanes) is 4. The highest BCUT2D eigenvalue weighted by Crippen LogP contribution is 2.21. The predicted octanol–water partition coefficient (Wildman–Crippen LogP) is 2.57. The van der Waals surface area contributed by atoms with Crippen LogP contribution in [0.4, 0.5) is 0 Å². The van der Waals surface area contributed by atoms with Crippen molar-refractivity contribution in [1.29, 1.82) is 0 Å². The van der Waals surface area contributed by atoms with Gasteiger partial charge in [0, 0.05) is 16.6 Å². The zero-order chi connectivity index (χ0) is 12.3. The average Bonchev–Trinajstić information content (AvgIpc) is 2.31. The second kappa shape index (κ2) is 10.5. The molecule has 0 fully saturated rings. The first-order chi connectivity index (χ1) is 7.68. The minimum absolute atomic E-state index is 0.864. The molecule has 0 saturated heterocycles. The van der Waals surface area contributed by atoms with Crippen LogP contribution in [0.2, 0.25) is 25.2 Å². The van der Waals surface area contributed by atoms with E-state index in [2.05, 4.69) is 13.1 Å². The lowest BCUT2D eigenvalue weighted by atomic mass is 10.2. The van der Waals surface area contributed by atoms with Gasteiger partial charge in [-0.1, -0.05) is 50.9 Å². The van der Waals surface area contributed by atoms with Crippen LogP contribution in [0.3, 0.4) is 0 Å². The van der Waals surface area contributed by atoms with Crippen molar-refractivity contribution in [2.45, 2.75) is 63.7 Å². The molecule has 0 bridgehead atoms. The van der Waals surface area contributed by atoms with Crippen LogP contribution in [0.5, 0.6) is 0 Å². The Kier molecular flexibility index (Phi) is 10.7. The number of rotatable bonds is 11. The molecule has 0 aliphatic heterocycles. The molecule has 96 valence electrons. The van der Waals surface area contributed by atoms with Gasteiger partial charge in [-0.3, -0.25) is 0 Å². The van der Waals surface area contributed by atoms with Crippen LogP contribution in [-0.2, 0) is 0 Å². The van der Waals surface area contributed by atoms with Gasteiger partial charge in [0.25, 0.3) is 0 Å². The van der Waals surface area contributed by atoms with E-state index in [1.54, 1.807) is 0 Å². The van der Waals surface area contributed by atoms with E-state index in [0.717, 1.165) is 13.1 Å². The highest BCUT2D eigenvalue weighted by Gasteiger charge is 2.23. The van der Waals surface area contributed by atoms with Crippen LogP contribution in [0.15, 0.2) is 0 Å². The Morgan fingerprint density at radius 3 is 1.56 bits per heavy atom. The molecule has 2 radical (unpaired) electrons. The van der Waals surface area contributed by atoms with Crippen LogP contribution in [0.1, 0.15) is 38.5 Å². The van der Waals surface area contributed by atoms with Gasteiger partial charge in [0.2, 0.25) is 0 Å². The molecule has 4 heteroatoms. The second-order valence-electron chi connectivity index (χ2n) is 5.01. The molecular formula is C12H30N2Si2. The first kappa shape index (κ1) is 16.4. The second-order valence-corrected chi connectivity index (χ2v) is 14.8. The maximum Gasteiger partial charge on any atom is 0.0385 e. The van der Waals surface area contributed by atoms with Crippen LogP contribution < -0.4 is 11.5 Å². The summed E-state index contributed by atoms with van der Waals surface area (Å²) in [6, 6.07) is 3.04. The van der Waals surface area contributed by atoms with E-state index in [4.69, 9.17) is 11.5 Å². The third-order valence-electron chi connectivity index (χ3n) is 3.47. The largest absolute Gasteiger partial charge is 0.330 e. The summed E-state index contributed by atoms with van der Waals surface area (Å²) in [5.74, 6) is 0. The van der Waals surface area contributed by atoms with Gasteiger partial charge in [-0.05, 0) is 25.9 Å². The third-order valence-corrected chi connectivity index (χ3v) is 12.7. The molecule has 0 aromatic rings. The Hall–Kier alpha value is 0.354. The third kappa shape index (κ3) is 8.50. The van der Waals surface area contributed by atoms with Crippen molar-refractivity contribution >= 4 is 16.6 Å². The summed E-state index contributed by atoms with van der Waals surface area (Å²) >= 11 is 0. The highest BCUT2D eigenvalue weighted by atomic mass is 29.2. The zero-order valence-corrected chi connectivity index (χ0v) is 13.2. The molecule has 0 aromatic heterocycles. The summed E-state index contributed by atoms with van der Waals surface area (Å²) in [5, 5.41) is 0. The van der Waals surface area contributed by atoms with Crippen LogP contribution >= 0.6 is 0 Å².